The van der Waals surface area contributed by atoms with Gasteiger partial charge in [0.15, 0.2) is 0 Å². The van der Waals surface area contributed by atoms with Gasteiger partial charge in [0.25, 0.3) is 0 Å². The standard InChI is InChI=1S/C6H8O/c1-2-3-4-5-6-7/h3-5H,2H2,1H3/b4-3+. The van der Waals surface area contributed by atoms with Crippen molar-refractivity contribution < 1.29 is 4.79 Å². The van der Waals surface area contributed by atoms with Crippen LogP contribution in [0.25, 0.3) is 0 Å². The van der Waals surface area contributed by atoms with Crippen LogP contribution >= 0.6 is 0 Å². The van der Waals surface area contributed by atoms with E-state index in [1.54, 1.807) is 12.0 Å². The van der Waals surface area contributed by atoms with Gasteiger partial charge in [0, 0.05) is 6.08 Å². The molecule has 0 heterocycles. The summed E-state index contributed by atoms with van der Waals surface area (Å²) >= 11 is 0. The van der Waals surface area contributed by atoms with Crippen LogP contribution in [0.5, 0.6) is 0 Å². The van der Waals surface area contributed by atoms with Gasteiger partial charge < -0.3 is 0 Å². The van der Waals surface area contributed by atoms with E-state index in [1.807, 2.05) is 13.0 Å². The van der Waals surface area contributed by atoms with Gasteiger partial charge in [-0.1, -0.05) is 19.1 Å². The highest BCUT2D eigenvalue weighted by Gasteiger charge is 1.58. The fraction of sp³-hybridized carbons (Fsp3) is 0.333. The highest BCUT2D eigenvalue weighted by Crippen LogP contribution is 1.76. The van der Waals surface area contributed by atoms with Gasteiger partial charge in [-0.15, -0.1) is 0 Å². The third kappa shape index (κ3) is 5.19. The molecule has 0 unspecified atom stereocenters. The Morgan fingerprint density at radius 2 is 2.43 bits per heavy atom. The Hall–Kier alpha value is -0.810. The monoisotopic (exact) mass is 96.1 g/mol. The quantitative estimate of drug-likeness (QED) is 0.374. The lowest BCUT2D eigenvalue weighted by Gasteiger charge is -1.66. The molecular formula is C6H8O. The van der Waals surface area contributed by atoms with Crippen LogP contribution in [0, 0.1) is 0 Å². The second kappa shape index (κ2) is 5.19. The van der Waals surface area contributed by atoms with Crippen LogP contribution in [0.15, 0.2) is 18.2 Å². The van der Waals surface area contributed by atoms with E-state index in [4.69, 9.17) is 0 Å². The molecule has 0 rings (SSSR count). The Kier molecular flexibility index (Phi) is 4.59. The van der Waals surface area contributed by atoms with E-state index in [9.17, 15) is 4.79 Å². The lowest BCUT2D eigenvalue weighted by molar-refractivity contribution is 0.569. The lowest BCUT2D eigenvalue weighted by atomic mass is 10.4. The largest absolute Gasteiger partial charge is 0.234 e. The van der Waals surface area contributed by atoms with Crippen LogP contribution in [-0.4, -0.2) is 5.94 Å². The number of rotatable bonds is 2. The second-order valence-electron chi connectivity index (χ2n) is 1.12. The molecule has 0 aromatic rings. The normalized spacial score (nSPS) is 8.71. The van der Waals surface area contributed by atoms with E-state index in [2.05, 4.69) is 0 Å². The van der Waals surface area contributed by atoms with E-state index >= 15 is 0 Å². The molecule has 1 nitrogen and oxygen atoms in total. The molecular weight excluding hydrogens is 88.1 g/mol. The van der Waals surface area contributed by atoms with Crippen LogP contribution in [0.3, 0.4) is 0 Å². The maximum Gasteiger partial charge on any atom is 0.124 e. The van der Waals surface area contributed by atoms with E-state index < -0.39 is 0 Å². The average Bonchev–Trinajstić information content (AvgIpc) is 1.69. The predicted molar refractivity (Wildman–Crippen MR) is 29.7 cm³/mol. The summed E-state index contributed by atoms with van der Waals surface area (Å²) in [7, 11) is 0. The first kappa shape index (κ1) is 6.19. The SMILES string of the molecule is CC/C=C/C=C=O. The van der Waals surface area contributed by atoms with Gasteiger partial charge in [-0.3, -0.25) is 0 Å². The Morgan fingerprint density at radius 3 is 2.86 bits per heavy atom. The first-order valence-corrected chi connectivity index (χ1v) is 2.27. The molecule has 0 atom stereocenters. The van der Waals surface area contributed by atoms with Crippen molar-refractivity contribution in [2.75, 3.05) is 0 Å². The van der Waals surface area contributed by atoms with Crippen molar-refractivity contribution in [1.82, 2.24) is 0 Å². The van der Waals surface area contributed by atoms with Gasteiger partial charge in [0.2, 0.25) is 0 Å². The molecule has 0 aromatic carbocycles. The summed E-state index contributed by atoms with van der Waals surface area (Å²) in [6.07, 6.45) is 5.90. The Morgan fingerprint density at radius 1 is 1.71 bits per heavy atom. The third-order valence-corrected chi connectivity index (χ3v) is 0.536. The predicted octanol–water partition coefficient (Wildman–Crippen LogP) is 1.34. The summed E-state index contributed by atoms with van der Waals surface area (Å²) in [5, 5.41) is 0. The molecule has 7 heavy (non-hydrogen) atoms. The first-order valence-electron chi connectivity index (χ1n) is 2.27. The van der Waals surface area contributed by atoms with Crippen molar-refractivity contribution in [3.63, 3.8) is 0 Å². The fourth-order valence-corrected chi connectivity index (χ4v) is 0.243. The van der Waals surface area contributed by atoms with Gasteiger partial charge >= 0.3 is 0 Å². The molecule has 0 saturated carbocycles. The number of hydrogen-bond acceptors (Lipinski definition) is 1. The van der Waals surface area contributed by atoms with Crippen molar-refractivity contribution in [1.29, 1.82) is 0 Å². The Labute approximate surface area is 43.3 Å². The van der Waals surface area contributed by atoms with Gasteiger partial charge in [0.1, 0.15) is 5.94 Å². The highest BCUT2D eigenvalue weighted by atomic mass is 16.1. The van der Waals surface area contributed by atoms with E-state index in [-0.39, 0.29) is 0 Å². The fourth-order valence-electron chi connectivity index (χ4n) is 0.243. The van der Waals surface area contributed by atoms with Crippen molar-refractivity contribution >= 4 is 5.94 Å². The maximum absolute atomic E-state index is 9.45. The molecule has 0 aromatic heterocycles. The summed E-state index contributed by atoms with van der Waals surface area (Å²) < 4.78 is 0. The molecule has 0 amide bonds. The molecule has 0 aliphatic heterocycles. The molecule has 0 bridgehead atoms. The molecule has 0 saturated heterocycles. The van der Waals surface area contributed by atoms with E-state index in [0.717, 1.165) is 6.42 Å². The molecule has 0 spiro atoms. The summed E-state index contributed by atoms with van der Waals surface area (Å²) in [4.78, 5) is 9.45. The van der Waals surface area contributed by atoms with Crippen LogP contribution in [0.1, 0.15) is 13.3 Å². The van der Waals surface area contributed by atoms with Crippen LogP contribution in [0.2, 0.25) is 0 Å². The minimum absolute atomic E-state index is 0.970. The van der Waals surface area contributed by atoms with Crippen molar-refractivity contribution in [2.24, 2.45) is 0 Å². The van der Waals surface area contributed by atoms with Gasteiger partial charge in [-0.2, -0.15) is 0 Å². The Balaban J connectivity index is 3.27. The van der Waals surface area contributed by atoms with Crippen LogP contribution in [0.4, 0.5) is 0 Å². The summed E-state index contributed by atoms with van der Waals surface area (Å²) in [6.45, 7) is 2.01. The van der Waals surface area contributed by atoms with E-state index in [0.29, 0.717) is 0 Å². The minimum atomic E-state index is 0.970. The molecule has 38 valence electrons. The topological polar surface area (TPSA) is 17.1 Å². The minimum Gasteiger partial charge on any atom is -0.234 e. The summed E-state index contributed by atoms with van der Waals surface area (Å²) in [6, 6.07) is 0. The average molecular weight is 96.1 g/mol. The van der Waals surface area contributed by atoms with Gasteiger partial charge in [0.05, 0.1) is 0 Å². The zero-order valence-electron chi connectivity index (χ0n) is 4.35. The second-order valence-corrected chi connectivity index (χ2v) is 1.12. The van der Waals surface area contributed by atoms with Gasteiger partial charge in [-0.25, -0.2) is 4.79 Å². The summed E-state index contributed by atoms with van der Waals surface area (Å²) in [5.41, 5.74) is 0. The zero-order valence-corrected chi connectivity index (χ0v) is 4.35. The molecule has 0 N–H and O–H groups in total. The number of hydrogen-bond donors (Lipinski definition) is 0. The number of allylic oxidation sites excluding steroid dienone is 3. The first-order chi connectivity index (χ1) is 3.41. The lowest BCUT2D eigenvalue weighted by Crippen LogP contribution is -1.50. The molecule has 0 fully saturated rings. The summed E-state index contributed by atoms with van der Waals surface area (Å²) in [5.74, 6) is 1.64. The highest BCUT2D eigenvalue weighted by molar-refractivity contribution is 5.48. The molecule has 0 radical (unpaired) electrons. The maximum atomic E-state index is 9.45. The van der Waals surface area contributed by atoms with Crippen molar-refractivity contribution in [3.8, 4) is 0 Å². The number of carbonyl (C=O) groups excluding carboxylic acids is 1. The molecule has 1 heteroatoms. The van der Waals surface area contributed by atoms with Crippen molar-refractivity contribution in [2.45, 2.75) is 13.3 Å². The smallest absolute Gasteiger partial charge is 0.124 e. The van der Waals surface area contributed by atoms with Crippen molar-refractivity contribution in [3.05, 3.63) is 18.2 Å². The molecule has 0 aliphatic carbocycles. The third-order valence-electron chi connectivity index (χ3n) is 0.536. The van der Waals surface area contributed by atoms with Gasteiger partial charge in [-0.05, 0) is 6.42 Å². The Bertz CT molecular complexity index is 96.7. The van der Waals surface area contributed by atoms with Crippen LogP contribution in [-0.2, 0) is 4.79 Å². The zero-order chi connectivity index (χ0) is 5.54. The van der Waals surface area contributed by atoms with E-state index in [1.165, 1.54) is 6.08 Å². The molecule has 0 aliphatic rings. The van der Waals surface area contributed by atoms with Crippen LogP contribution < -0.4 is 0 Å².